The molecule has 0 radical (unpaired) electrons. The molecule has 0 spiro atoms. The highest BCUT2D eigenvalue weighted by molar-refractivity contribution is 6.01. The number of hydrogen-bond acceptors (Lipinski definition) is 3. The summed E-state index contributed by atoms with van der Waals surface area (Å²) < 4.78 is 26.5. The Kier molecular flexibility index (Phi) is 5.69. The quantitative estimate of drug-likeness (QED) is 0.905. The third-order valence-corrected chi connectivity index (χ3v) is 3.56. The van der Waals surface area contributed by atoms with Crippen molar-refractivity contribution in [2.24, 2.45) is 0 Å². The molecule has 0 aromatic heterocycles. The Hall–Kier alpha value is -2.96. The molecule has 0 aliphatic carbocycles. The smallest absolute Gasteiger partial charge is 0.244 e. The largest absolute Gasteiger partial charge is 0.378 e. The molecule has 2 amide bonds. The second-order valence-electron chi connectivity index (χ2n) is 5.69. The molecule has 0 atom stereocenters. The van der Waals surface area contributed by atoms with Crippen molar-refractivity contribution in [1.82, 2.24) is 0 Å². The van der Waals surface area contributed by atoms with Crippen LogP contribution in [0.25, 0.3) is 0 Å². The predicted molar refractivity (Wildman–Crippen MR) is 93.8 cm³/mol. The fourth-order valence-corrected chi connectivity index (χ4v) is 2.24. The second kappa shape index (κ2) is 7.74. The Morgan fingerprint density at radius 1 is 1.00 bits per heavy atom. The van der Waals surface area contributed by atoms with Gasteiger partial charge in [0.1, 0.15) is 18.2 Å². The maximum atomic E-state index is 13.6. The van der Waals surface area contributed by atoms with Crippen LogP contribution in [0.5, 0.6) is 0 Å². The summed E-state index contributed by atoms with van der Waals surface area (Å²) in [6, 6.07) is 9.95. The third-order valence-electron chi connectivity index (χ3n) is 3.56. The number of benzene rings is 2. The number of nitrogens with one attached hydrogen (secondary N) is 1. The van der Waals surface area contributed by atoms with Gasteiger partial charge in [-0.05, 0) is 36.4 Å². The second-order valence-corrected chi connectivity index (χ2v) is 5.69. The van der Waals surface area contributed by atoms with Crippen LogP contribution in [0.1, 0.15) is 6.92 Å². The minimum absolute atomic E-state index is 0.141. The van der Waals surface area contributed by atoms with Crippen molar-refractivity contribution in [2.45, 2.75) is 6.92 Å². The zero-order valence-electron chi connectivity index (χ0n) is 14.2. The summed E-state index contributed by atoms with van der Waals surface area (Å²) in [5, 5.41) is 2.34. The molecule has 0 fully saturated rings. The van der Waals surface area contributed by atoms with Gasteiger partial charge in [0.25, 0.3) is 0 Å². The molecule has 0 saturated heterocycles. The van der Waals surface area contributed by atoms with Crippen LogP contribution in [-0.2, 0) is 9.59 Å². The third kappa shape index (κ3) is 4.76. The molecular weight excluding hydrogens is 328 g/mol. The van der Waals surface area contributed by atoms with E-state index in [-0.39, 0.29) is 18.1 Å². The van der Waals surface area contributed by atoms with Crippen LogP contribution in [0.3, 0.4) is 0 Å². The van der Waals surface area contributed by atoms with Crippen molar-refractivity contribution in [3.63, 3.8) is 0 Å². The van der Waals surface area contributed by atoms with E-state index in [1.54, 1.807) is 12.1 Å². The van der Waals surface area contributed by atoms with Gasteiger partial charge in [0, 0.05) is 38.5 Å². The summed E-state index contributed by atoms with van der Waals surface area (Å²) in [5.41, 5.74) is 1.36. The molecule has 0 bridgehead atoms. The molecule has 2 aromatic carbocycles. The number of carbonyl (C=O) groups excluding carboxylic acids is 2. The average Bonchev–Trinajstić information content (AvgIpc) is 2.55. The van der Waals surface area contributed by atoms with Crippen molar-refractivity contribution < 1.29 is 18.4 Å². The average molecular weight is 347 g/mol. The van der Waals surface area contributed by atoms with E-state index in [1.165, 1.54) is 11.8 Å². The topological polar surface area (TPSA) is 52.7 Å². The molecule has 25 heavy (non-hydrogen) atoms. The van der Waals surface area contributed by atoms with E-state index in [2.05, 4.69) is 5.32 Å². The molecule has 7 heteroatoms. The lowest BCUT2D eigenvalue weighted by Gasteiger charge is -2.22. The number of hydrogen-bond donors (Lipinski definition) is 1. The van der Waals surface area contributed by atoms with Crippen LogP contribution < -0.4 is 15.1 Å². The van der Waals surface area contributed by atoms with E-state index in [1.807, 2.05) is 31.1 Å². The Bertz CT molecular complexity index is 776. The first-order chi connectivity index (χ1) is 11.8. The van der Waals surface area contributed by atoms with E-state index < -0.39 is 17.5 Å². The summed E-state index contributed by atoms with van der Waals surface area (Å²) in [4.78, 5) is 27.2. The summed E-state index contributed by atoms with van der Waals surface area (Å²) in [6.45, 7) is 1.05. The highest BCUT2D eigenvalue weighted by atomic mass is 19.1. The number of halogens is 2. The number of nitrogens with zero attached hydrogens (tertiary/aromatic N) is 2. The molecule has 0 aliphatic rings. The molecule has 132 valence electrons. The van der Waals surface area contributed by atoms with Gasteiger partial charge in [-0.15, -0.1) is 0 Å². The first-order valence-corrected chi connectivity index (χ1v) is 7.58. The Morgan fingerprint density at radius 2 is 1.60 bits per heavy atom. The van der Waals surface area contributed by atoms with Gasteiger partial charge in [0.05, 0.1) is 5.69 Å². The van der Waals surface area contributed by atoms with E-state index >= 15 is 0 Å². The maximum absolute atomic E-state index is 13.6. The van der Waals surface area contributed by atoms with Gasteiger partial charge in [-0.25, -0.2) is 8.78 Å². The van der Waals surface area contributed by atoms with Crippen LogP contribution in [-0.4, -0.2) is 32.5 Å². The zero-order chi connectivity index (χ0) is 18.6. The van der Waals surface area contributed by atoms with Gasteiger partial charge < -0.3 is 15.1 Å². The van der Waals surface area contributed by atoms with Crippen molar-refractivity contribution >= 4 is 28.9 Å². The van der Waals surface area contributed by atoms with Crippen LogP contribution >= 0.6 is 0 Å². The van der Waals surface area contributed by atoms with Gasteiger partial charge in [0.15, 0.2) is 0 Å². The normalized spacial score (nSPS) is 10.3. The molecule has 0 aliphatic heterocycles. The van der Waals surface area contributed by atoms with Crippen LogP contribution in [0.4, 0.5) is 25.8 Å². The molecule has 2 rings (SSSR count). The van der Waals surface area contributed by atoms with Gasteiger partial charge in [-0.2, -0.15) is 0 Å². The fourth-order valence-electron chi connectivity index (χ4n) is 2.24. The lowest BCUT2D eigenvalue weighted by Crippen LogP contribution is -2.36. The molecule has 0 unspecified atom stereocenters. The molecular formula is C18H19F2N3O2. The van der Waals surface area contributed by atoms with Crippen molar-refractivity contribution in [3.05, 3.63) is 54.1 Å². The van der Waals surface area contributed by atoms with Gasteiger partial charge >= 0.3 is 0 Å². The Balaban J connectivity index is 2.12. The molecule has 1 N–H and O–H groups in total. The van der Waals surface area contributed by atoms with Gasteiger partial charge in [0.2, 0.25) is 11.8 Å². The van der Waals surface area contributed by atoms with Crippen LogP contribution in [0, 0.1) is 11.6 Å². The Labute approximate surface area is 144 Å². The summed E-state index contributed by atoms with van der Waals surface area (Å²) in [5.74, 6) is -2.52. The van der Waals surface area contributed by atoms with E-state index in [4.69, 9.17) is 0 Å². The van der Waals surface area contributed by atoms with Crippen molar-refractivity contribution in [1.29, 1.82) is 0 Å². The SMILES string of the molecule is CC(=O)N(CC(=O)Nc1ccc(F)cc1F)c1ccc(N(C)C)cc1. The summed E-state index contributed by atoms with van der Waals surface area (Å²) >= 11 is 0. The van der Waals surface area contributed by atoms with E-state index in [9.17, 15) is 18.4 Å². The summed E-state index contributed by atoms with van der Waals surface area (Å²) in [6.07, 6.45) is 0. The standard InChI is InChI=1S/C18H19F2N3O2/c1-12(24)23(15-7-5-14(6-8-15)22(2)3)11-18(25)21-17-9-4-13(19)10-16(17)20/h4-10H,11H2,1-3H3,(H,21,25). The first kappa shape index (κ1) is 18.4. The Morgan fingerprint density at radius 3 is 2.12 bits per heavy atom. The lowest BCUT2D eigenvalue weighted by atomic mass is 10.2. The number of carbonyl (C=O) groups is 2. The number of amides is 2. The molecule has 5 nitrogen and oxygen atoms in total. The predicted octanol–water partition coefficient (Wildman–Crippen LogP) is 3.02. The molecule has 0 heterocycles. The molecule has 0 saturated carbocycles. The minimum Gasteiger partial charge on any atom is -0.378 e. The van der Waals surface area contributed by atoms with Gasteiger partial charge in [-0.1, -0.05) is 0 Å². The first-order valence-electron chi connectivity index (χ1n) is 7.58. The number of anilines is 3. The zero-order valence-corrected chi connectivity index (χ0v) is 14.2. The highest BCUT2D eigenvalue weighted by Gasteiger charge is 2.17. The van der Waals surface area contributed by atoms with Crippen molar-refractivity contribution in [2.75, 3.05) is 35.8 Å². The number of rotatable bonds is 5. The summed E-state index contributed by atoms with van der Waals surface area (Å²) in [7, 11) is 3.78. The molecule has 2 aromatic rings. The monoisotopic (exact) mass is 347 g/mol. The van der Waals surface area contributed by atoms with Crippen LogP contribution in [0.15, 0.2) is 42.5 Å². The van der Waals surface area contributed by atoms with Gasteiger partial charge in [-0.3, -0.25) is 9.59 Å². The van der Waals surface area contributed by atoms with Crippen LogP contribution in [0.2, 0.25) is 0 Å². The van der Waals surface area contributed by atoms with E-state index in [0.29, 0.717) is 11.8 Å². The van der Waals surface area contributed by atoms with Crippen molar-refractivity contribution in [3.8, 4) is 0 Å². The highest BCUT2D eigenvalue weighted by Crippen LogP contribution is 2.20. The fraction of sp³-hybridized carbons (Fsp3) is 0.222. The maximum Gasteiger partial charge on any atom is 0.244 e. The van der Waals surface area contributed by atoms with E-state index in [0.717, 1.165) is 17.8 Å². The minimum atomic E-state index is -0.877. The lowest BCUT2D eigenvalue weighted by molar-refractivity contribution is -0.120.